The van der Waals surface area contributed by atoms with Crippen LogP contribution in [0.15, 0.2) is 24.3 Å². The third-order valence-corrected chi connectivity index (χ3v) is 3.87. The maximum Gasteiger partial charge on any atom is 0.411 e. The highest BCUT2D eigenvalue weighted by atomic mass is 19.1. The third kappa shape index (κ3) is 3.24. The summed E-state index contributed by atoms with van der Waals surface area (Å²) in [7, 11) is 0. The molecule has 0 spiro atoms. The third-order valence-electron chi connectivity index (χ3n) is 3.87. The molecule has 122 valence electrons. The van der Waals surface area contributed by atoms with E-state index >= 15 is 0 Å². The van der Waals surface area contributed by atoms with Crippen LogP contribution in [0.4, 0.5) is 9.18 Å². The van der Waals surface area contributed by atoms with Crippen LogP contribution in [0, 0.1) is 5.82 Å². The van der Waals surface area contributed by atoms with Crippen molar-refractivity contribution in [3.8, 4) is 0 Å². The van der Waals surface area contributed by atoms with Crippen molar-refractivity contribution in [3.63, 3.8) is 0 Å². The van der Waals surface area contributed by atoms with Crippen molar-refractivity contribution in [2.45, 2.75) is 64.3 Å². The topological polar surface area (TPSA) is 49.8 Å². The first kappa shape index (κ1) is 16.7. The highest BCUT2D eigenvalue weighted by Gasteiger charge is 2.52. The van der Waals surface area contributed by atoms with Gasteiger partial charge in [-0.1, -0.05) is 18.2 Å². The summed E-state index contributed by atoms with van der Waals surface area (Å²) >= 11 is 0. The van der Waals surface area contributed by atoms with E-state index in [2.05, 4.69) is 0 Å². The normalized spacial score (nSPS) is 22.0. The second-order valence-corrected chi connectivity index (χ2v) is 7.40. The quantitative estimate of drug-likeness (QED) is 0.907. The monoisotopic (exact) mass is 309 g/mol. The zero-order valence-electron chi connectivity index (χ0n) is 13.8. The Morgan fingerprint density at radius 2 is 2.00 bits per heavy atom. The summed E-state index contributed by atoms with van der Waals surface area (Å²) < 4.78 is 19.3. The molecule has 2 atom stereocenters. The summed E-state index contributed by atoms with van der Waals surface area (Å²) in [5, 5.41) is 10.5. The van der Waals surface area contributed by atoms with E-state index < -0.39 is 35.2 Å². The number of likely N-dealkylation sites (tertiary alicyclic amines) is 1. The summed E-state index contributed by atoms with van der Waals surface area (Å²) in [6.07, 6.45) is -0.965. The van der Waals surface area contributed by atoms with Gasteiger partial charge >= 0.3 is 6.09 Å². The molecule has 1 saturated heterocycles. The number of carbonyl (C=O) groups excluding carboxylic acids is 1. The van der Waals surface area contributed by atoms with Gasteiger partial charge in [-0.25, -0.2) is 9.18 Å². The summed E-state index contributed by atoms with van der Waals surface area (Å²) in [5.74, 6) is -0.469. The lowest BCUT2D eigenvalue weighted by Crippen LogP contribution is -2.67. The Bertz CT molecular complexity index is 565. The lowest BCUT2D eigenvalue weighted by Gasteiger charge is -2.56. The van der Waals surface area contributed by atoms with Crippen molar-refractivity contribution in [1.29, 1.82) is 0 Å². The Labute approximate surface area is 130 Å². The SMILES string of the molecule is CC(C)(C)OC(=O)N1[C@H]([C@H](O)c2ccccc2F)CC1(C)C. The van der Waals surface area contributed by atoms with E-state index in [1.807, 2.05) is 13.8 Å². The van der Waals surface area contributed by atoms with Gasteiger partial charge < -0.3 is 9.84 Å². The van der Waals surface area contributed by atoms with Crippen molar-refractivity contribution in [3.05, 3.63) is 35.6 Å². The Balaban J connectivity index is 2.21. The zero-order valence-corrected chi connectivity index (χ0v) is 13.8. The molecule has 0 saturated carbocycles. The van der Waals surface area contributed by atoms with E-state index in [4.69, 9.17) is 4.74 Å². The van der Waals surface area contributed by atoms with Gasteiger partial charge in [0.05, 0.1) is 6.04 Å². The van der Waals surface area contributed by atoms with Gasteiger partial charge in [0.15, 0.2) is 0 Å². The average Bonchev–Trinajstić information content (AvgIpc) is 2.33. The Morgan fingerprint density at radius 3 is 2.50 bits per heavy atom. The first-order valence-electron chi connectivity index (χ1n) is 7.48. The highest BCUT2D eigenvalue weighted by Crippen LogP contribution is 2.43. The van der Waals surface area contributed by atoms with Gasteiger partial charge in [-0.05, 0) is 47.1 Å². The van der Waals surface area contributed by atoms with Gasteiger partial charge in [0.2, 0.25) is 0 Å². The number of benzene rings is 1. The smallest absolute Gasteiger partial charge is 0.411 e. The van der Waals surface area contributed by atoms with Crippen LogP contribution in [0.5, 0.6) is 0 Å². The molecule has 1 aromatic rings. The largest absolute Gasteiger partial charge is 0.444 e. The van der Waals surface area contributed by atoms with E-state index in [0.717, 1.165) is 0 Å². The van der Waals surface area contributed by atoms with Crippen molar-refractivity contribution in [1.82, 2.24) is 4.90 Å². The number of aliphatic hydroxyl groups is 1. The van der Waals surface area contributed by atoms with Gasteiger partial charge in [-0.2, -0.15) is 0 Å². The molecule has 1 aliphatic heterocycles. The number of amides is 1. The molecule has 1 aromatic carbocycles. The van der Waals surface area contributed by atoms with Crippen molar-refractivity contribution < 1.29 is 19.0 Å². The molecular formula is C17H24FNO3. The Hall–Kier alpha value is -1.62. The van der Waals surface area contributed by atoms with Crippen molar-refractivity contribution >= 4 is 6.09 Å². The number of carbonyl (C=O) groups is 1. The van der Waals surface area contributed by atoms with Crippen LogP contribution in [0.2, 0.25) is 0 Å². The van der Waals surface area contributed by atoms with Crippen LogP contribution in [-0.2, 0) is 4.74 Å². The lowest BCUT2D eigenvalue weighted by molar-refractivity contribution is -0.105. The van der Waals surface area contributed by atoms with Crippen LogP contribution in [0.1, 0.15) is 52.7 Å². The van der Waals surface area contributed by atoms with E-state index in [1.165, 1.54) is 11.0 Å². The van der Waals surface area contributed by atoms with Crippen LogP contribution in [-0.4, -0.2) is 33.3 Å². The molecule has 0 bridgehead atoms. The predicted octanol–water partition coefficient (Wildman–Crippen LogP) is 3.65. The van der Waals surface area contributed by atoms with Gasteiger partial charge in [0.1, 0.15) is 17.5 Å². The fraction of sp³-hybridized carbons (Fsp3) is 0.588. The predicted molar refractivity (Wildman–Crippen MR) is 81.9 cm³/mol. The summed E-state index contributed by atoms with van der Waals surface area (Å²) in [6, 6.07) is 5.60. The minimum atomic E-state index is -1.07. The molecule has 0 unspecified atom stereocenters. The fourth-order valence-corrected chi connectivity index (χ4v) is 2.91. The molecule has 1 fully saturated rings. The molecular weight excluding hydrogens is 285 g/mol. The molecule has 4 nitrogen and oxygen atoms in total. The number of halogens is 1. The molecule has 5 heteroatoms. The summed E-state index contributed by atoms with van der Waals surface area (Å²) in [6.45, 7) is 9.18. The standard InChI is InChI=1S/C17H24FNO3/c1-16(2,3)22-15(21)19-13(10-17(19,4)5)14(20)11-8-6-7-9-12(11)18/h6-9,13-14,20H,10H2,1-5H3/t13-,14+/m0/s1. The first-order valence-corrected chi connectivity index (χ1v) is 7.48. The second-order valence-electron chi connectivity index (χ2n) is 7.40. The maximum absolute atomic E-state index is 13.9. The van der Waals surface area contributed by atoms with E-state index in [-0.39, 0.29) is 5.56 Å². The highest BCUT2D eigenvalue weighted by molar-refractivity contribution is 5.71. The molecule has 0 aliphatic carbocycles. The van der Waals surface area contributed by atoms with E-state index in [1.54, 1.807) is 39.0 Å². The summed E-state index contributed by atoms with van der Waals surface area (Å²) in [4.78, 5) is 13.9. The molecule has 22 heavy (non-hydrogen) atoms. The molecule has 2 rings (SSSR count). The molecule has 0 aromatic heterocycles. The minimum Gasteiger partial charge on any atom is -0.444 e. The van der Waals surface area contributed by atoms with Crippen LogP contribution >= 0.6 is 0 Å². The van der Waals surface area contributed by atoms with Gasteiger partial charge in [-0.3, -0.25) is 4.90 Å². The molecule has 1 N–H and O–H groups in total. The van der Waals surface area contributed by atoms with Crippen LogP contribution in [0.25, 0.3) is 0 Å². The van der Waals surface area contributed by atoms with Crippen LogP contribution < -0.4 is 0 Å². The molecule has 1 amide bonds. The first-order chi connectivity index (χ1) is 10.0. The van der Waals surface area contributed by atoms with E-state index in [9.17, 15) is 14.3 Å². The van der Waals surface area contributed by atoms with Crippen LogP contribution in [0.3, 0.4) is 0 Å². The number of hydrogen-bond acceptors (Lipinski definition) is 3. The zero-order chi connectivity index (χ0) is 16.7. The van der Waals surface area contributed by atoms with Crippen molar-refractivity contribution in [2.75, 3.05) is 0 Å². The number of rotatable bonds is 2. The number of nitrogens with zero attached hydrogens (tertiary/aromatic N) is 1. The van der Waals surface area contributed by atoms with Gasteiger partial charge in [-0.15, -0.1) is 0 Å². The Morgan fingerprint density at radius 1 is 1.41 bits per heavy atom. The minimum absolute atomic E-state index is 0.205. The summed E-state index contributed by atoms with van der Waals surface area (Å²) in [5.41, 5.74) is -0.827. The van der Waals surface area contributed by atoms with Crippen molar-refractivity contribution in [2.24, 2.45) is 0 Å². The maximum atomic E-state index is 13.9. The molecule has 1 heterocycles. The molecule has 1 aliphatic rings. The lowest BCUT2D eigenvalue weighted by atomic mass is 9.77. The number of hydrogen-bond donors (Lipinski definition) is 1. The number of aliphatic hydroxyl groups excluding tert-OH is 1. The Kier molecular flexibility index (Phi) is 4.22. The van der Waals surface area contributed by atoms with Gasteiger partial charge in [0, 0.05) is 11.1 Å². The second kappa shape index (κ2) is 5.54. The average molecular weight is 309 g/mol. The number of ether oxygens (including phenoxy) is 1. The molecule has 0 radical (unpaired) electrons. The van der Waals surface area contributed by atoms with E-state index in [0.29, 0.717) is 6.42 Å². The van der Waals surface area contributed by atoms with Gasteiger partial charge in [0.25, 0.3) is 0 Å². The fourth-order valence-electron chi connectivity index (χ4n) is 2.91.